The molecular formula is C13H14ClFN4S. The van der Waals surface area contributed by atoms with E-state index in [0.717, 1.165) is 5.82 Å². The Morgan fingerprint density at radius 2 is 2.15 bits per heavy atom. The lowest BCUT2D eigenvalue weighted by molar-refractivity contribution is 0.624. The summed E-state index contributed by atoms with van der Waals surface area (Å²) in [7, 11) is 0. The van der Waals surface area contributed by atoms with E-state index in [1.807, 2.05) is 20.1 Å². The average molecular weight is 313 g/mol. The highest BCUT2D eigenvalue weighted by atomic mass is 35.5. The first kappa shape index (κ1) is 15.0. The number of hydrogen-bond donors (Lipinski definition) is 0. The Hall–Kier alpha value is -1.40. The predicted molar refractivity (Wildman–Crippen MR) is 80.3 cm³/mol. The van der Waals surface area contributed by atoms with Crippen LogP contribution in [0.4, 0.5) is 4.39 Å². The standard InChI is InChI=1S/C13H14ClFN4S/c1-8(2)12-17-18-13(20-3)19(12)16-7-9-10(14)5-4-6-11(9)15/h4-8H,1-3H3/b16-7-. The Morgan fingerprint density at radius 1 is 1.40 bits per heavy atom. The van der Waals surface area contributed by atoms with Crippen molar-refractivity contribution in [2.45, 2.75) is 24.9 Å². The minimum absolute atomic E-state index is 0.164. The highest BCUT2D eigenvalue weighted by Crippen LogP contribution is 2.20. The molecule has 0 fully saturated rings. The number of thioether (sulfide) groups is 1. The Balaban J connectivity index is 2.43. The van der Waals surface area contributed by atoms with Gasteiger partial charge in [-0.1, -0.05) is 43.3 Å². The minimum Gasteiger partial charge on any atom is -0.206 e. The summed E-state index contributed by atoms with van der Waals surface area (Å²) in [6, 6.07) is 4.52. The van der Waals surface area contributed by atoms with Crippen LogP contribution in [0.1, 0.15) is 31.2 Å². The zero-order chi connectivity index (χ0) is 14.7. The summed E-state index contributed by atoms with van der Waals surface area (Å²) in [4.78, 5) is 0. The van der Waals surface area contributed by atoms with Gasteiger partial charge < -0.3 is 0 Å². The fourth-order valence-corrected chi connectivity index (χ4v) is 2.27. The molecule has 0 bridgehead atoms. The van der Waals surface area contributed by atoms with Gasteiger partial charge in [-0.05, 0) is 18.4 Å². The number of hydrogen-bond acceptors (Lipinski definition) is 4. The van der Waals surface area contributed by atoms with Gasteiger partial charge in [-0.15, -0.1) is 10.2 Å². The molecular weight excluding hydrogens is 299 g/mol. The van der Waals surface area contributed by atoms with Gasteiger partial charge in [0, 0.05) is 11.5 Å². The molecule has 0 unspecified atom stereocenters. The topological polar surface area (TPSA) is 43.1 Å². The van der Waals surface area contributed by atoms with Crippen molar-refractivity contribution in [2.24, 2.45) is 5.10 Å². The number of nitrogens with zero attached hydrogens (tertiary/aromatic N) is 4. The Morgan fingerprint density at radius 3 is 2.75 bits per heavy atom. The van der Waals surface area contributed by atoms with Crippen molar-refractivity contribution in [3.8, 4) is 0 Å². The van der Waals surface area contributed by atoms with Crippen LogP contribution in [0.15, 0.2) is 28.5 Å². The summed E-state index contributed by atoms with van der Waals surface area (Å²) in [6.07, 6.45) is 3.28. The van der Waals surface area contributed by atoms with Gasteiger partial charge in [-0.2, -0.15) is 9.78 Å². The molecule has 0 amide bonds. The van der Waals surface area contributed by atoms with E-state index in [2.05, 4.69) is 15.3 Å². The molecule has 2 aromatic rings. The van der Waals surface area contributed by atoms with E-state index in [1.165, 1.54) is 24.0 Å². The fourth-order valence-electron chi connectivity index (χ4n) is 1.62. The maximum atomic E-state index is 13.7. The summed E-state index contributed by atoms with van der Waals surface area (Å²) in [5, 5.41) is 13.4. The highest BCUT2D eigenvalue weighted by Gasteiger charge is 2.14. The Kier molecular flexibility index (Phi) is 4.77. The van der Waals surface area contributed by atoms with Gasteiger partial charge in [-0.3, -0.25) is 0 Å². The zero-order valence-electron chi connectivity index (χ0n) is 11.3. The van der Waals surface area contributed by atoms with Gasteiger partial charge in [0.2, 0.25) is 5.16 Å². The molecule has 1 heterocycles. The molecule has 0 aliphatic heterocycles. The van der Waals surface area contributed by atoms with E-state index >= 15 is 0 Å². The Labute approximate surface area is 126 Å². The SMILES string of the molecule is CSc1nnc(C(C)C)n1/N=C\c1c(F)cccc1Cl. The lowest BCUT2D eigenvalue weighted by Gasteiger charge is -2.05. The predicted octanol–water partition coefficient (Wildman–Crippen LogP) is 3.80. The van der Waals surface area contributed by atoms with Crippen molar-refractivity contribution < 1.29 is 4.39 Å². The third-order valence-electron chi connectivity index (χ3n) is 2.64. The maximum Gasteiger partial charge on any atom is 0.211 e. The van der Waals surface area contributed by atoms with Crippen LogP contribution in [0, 0.1) is 5.82 Å². The quantitative estimate of drug-likeness (QED) is 0.637. The van der Waals surface area contributed by atoms with Crippen LogP contribution in [0.3, 0.4) is 0 Å². The molecule has 1 aromatic heterocycles. The van der Waals surface area contributed by atoms with E-state index in [4.69, 9.17) is 11.6 Å². The molecule has 0 saturated carbocycles. The van der Waals surface area contributed by atoms with Gasteiger partial charge in [0.05, 0.1) is 11.2 Å². The first-order valence-electron chi connectivity index (χ1n) is 6.02. The van der Waals surface area contributed by atoms with Crippen molar-refractivity contribution in [1.82, 2.24) is 14.9 Å². The second-order valence-electron chi connectivity index (χ2n) is 4.39. The van der Waals surface area contributed by atoms with E-state index in [9.17, 15) is 4.39 Å². The molecule has 0 aliphatic carbocycles. The smallest absolute Gasteiger partial charge is 0.206 e. The first-order chi connectivity index (χ1) is 9.54. The van der Waals surface area contributed by atoms with Crippen molar-refractivity contribution in [3.05, 3.63) is 40.4 Å². The molecule has 0 saturated heterocycles. The molecule has 106 valence electrons. The second-order valence-corrected chi connectivity index (χ2v) is 5.57. The van der Waals surface area contributed by atoms with Gasteiger partial charge in [0.25, 0.3) is 0 Å². The largest absolute Gasteiger partial charge is 0.211 e. The van der Waals surface area contributed by atoms with E-state index < -0.39 is 5.82 Å². The minimum atomic E-state index is -0.411. The first-order valence-corrected chi connectivity index (χ1v) is 7.62. The summed E-state index contributed by atoms with van der Waals surface area (Å²) in [5.41, 5.74) is 0.254. The highest BCUT2D eigenvalue weighted by molar-refractivity contribution is 7.98. The van der Waals surface area contributed by atoms with Crippen LogP contribution in [0.2, 0.25) is 5.02 Å². The molecule has 0 atom stereocenters. The van der Waals surface area contributed by atoms with Crippen molar-refractivity contribution in [3.63, 3.8) is 0 Å². The average Bonchev–Trinajstić information content (AvgIpc) is 2.81. The number of halogens is 2. The molecule has 7 heteroatoms. The lowest BCUT2D eigenvalue weighted by atomic mass is 10.2. The summed E-state index contributed by atoms with van der Waals surface area (Å²) in [6.45, 7) is 3.99. The van der Waals surface area contributed by atoms with E-state index in [1.54, 1.807) is 16.8 Å². The number of rotatable bonds is 4. The second kappa shape index (κ2) is 6.37. The van der Waals surface area contributed by atoms with E-state index in [-0.39, 0.29) is 11.5 Å². The normalized spacial score (nSPS) is 11.7. The molecule has 2 rings (SSSR count). The van der Waals surface area contributed by atoms with Gasteiger partial charge in [-0.25, -0.2) is 4.39 Å². The van der Waals surface area contributed by atoms with E-state index in [0.29, 0.717) is 10.2 Å². The zero-order valence-corrected chi connectivity index (χ0v) is 12.9. The summed E-state index contributed by atoms with van der Waals surface area (Å²) in [5.74, 6) is 0.473. The molecule has 1 aromatic carbocycles. The summed E-state index contributed by atoms with van der Waals surface area (Å²) < 4.78 is 15.3. The van der Waals surface area contributed by atoms with Gasteiger partial charge in [0.1, 0.15) is 5.82 Å². The molecule has 0 N–H and O–H groups in total. The lowest BCUT2D eigenvalue weighted by Crippen LogP contribution is -2.02. The van der Waals surface area contributed by atoms with Gasteiger partial charge in [0.15, 0.2) is 5.82 Å². The van der Waals surface area contributed by atoms with Crippen LogP contribution in [-0.2, 0) is 0 Å². The van der Waals surface area contributed by atoms with Crippen LogP contribution >= 0.6 is 23.4 Å². The fraction of sp³-hybridized carbons (Fsp3) is 0.308. The number of aromatic nitrogens is 3. The maximum absolute atomic E-state index is 13.7. The molecule has 20 heavy (non-hydrogen) atoms. The monoisotopic (exact) mass is 312 g/mol. The van der Waals surface area contributed by atoms with Crippen LogP contribution in [0.25, 0.3) is 0 Å². The van der Waals surface area contributed by atoms with Crippen molar-refractivity contribution in [1.29, 1.82) is 0 Å². The van der Waals surface area contributed by atoms with Crippen LogP contribution in [0.5, 0.6) is 0 Å². The molecule has 0 radical (unpaired) electrons. The van der Waals surface area contributed by atoms with Crippen LogP contribution in [-0.4, -0.2) is 27.3 Å². The molecule has 0 aliphatic rings. The number of benzene rings is 1. The molecule has 0 spiro atoms. The third-order valence-corrected chi connectivity index (χ3v) is 3.59. The van der Waals surface area contributed by atoms with Gasteiger partial charge >= 0.3 is 0 Å². The molecule has 4 nitrogen and oxygen atoms in total. The van der Waals surface area contributed by atoms with Crippen LogP contribution < -0.4 is 0 Å². The summed E-state index contributed by atoms with van der Waals surface area (Å²) >= 11 is 7.39. The Bertz CT molecular complexity index is 619. The van der Waals surface area contributed by atoms with Crippen molar-refractivity contribution >= 4 is 29.6 Å². The van der Waals surface area contributed by atoms with Crippen molar-refractivity contribution in [2.75, 3.05) is 6.26 Å². The third kappa shape index (κ3) is 3.02.